The standard InChI is InChI=1S/C15H18N2O5/c1-20-12-4-10(6-18)14(11(5-12)7-19)21-8-13-16-15(22-17-13)9-2-3-9/h4-5,9,18-19H,2-3,6-8H2,1H3. The number of hydrogen-bond donors (Lipinski definition) is 2. The van der Waals surface area contributed by atoms with Crippen LogP contribution < -0.4 is 9.47 Å². The first-order chi connectivity index (χ1) is 10.7. The average Bonchev–Trinajstić information content (AvgIpc) is 3.30. The first-order valence-corrected chi connectivity index (χ1v) is 7.12. The van der Waals surface area contributed by atoms with Gasteiger partial charge in [0.25, 0.3) is 0 Å². The predicted octanol–water partition coefficient (Wildman–Crippen LogP) is 1.52. The normalized spacial score (nSPS) is 14.1. The number of hydrogen-bond acceptors (Lipinski definition) is 7. The Bertz CT molecular complexity index is 626. The van der Waals surface area contributed by atoms with E-state index in [0.29, 0.717) is 40.3 Å². The van der Waals surface area contributed by atoms with E-state index < -0.39 is 0 Å². The fourth-order valence-corrected chi connectivity index (χ4v) is 2.22. The number of rotatable bonds is 7. The maximum atomic E-state index is 9.47. The highest BCUT2D eigenvalue weighted by molar-refractivity contribution is 5.46. The lowest BCUT2D eigenvalue weighted by Crippen LogP contribution is -2.04. The molecule has 1 aliphatic carbocycles. The van der Waals surface area contributed by atoms with Crippen molar-refractivity contribution in [1.29, 1.82) is 0 Å². The van der Waals surface area contributed by atoms with Crippen molar-refractivity contribution in [1.82, 2.24) is 10.1 Å². The van der Waals surface area contributed by atoms with Crippen molar-refractivity contribution in [2.45, 2.75) is 38.6 Å². The number of benzene rings is 1. The SMILES string of the molecule is COc1cc(CO)c(OCc2noc(C3CC3)n2)c(CO)c1. The van der Waals surface area contributed by atoms with Crippen LogP contribution in [-0.4, -0.2) is 27.5 Å². The van der Waals surface area contributed by atoms with Crippen molar-refractivity contribution in [2.75, 3.05) is 7.11 Å². The maximum Gasteiger partial charge on any atom is 0.229 e. The van der Waals surface area contributed by atoms with Crippen LogP contribution in [0.5, 0.6) is 11.5 Å². The van der Waals surface area contributed by atoms with Crippen LogP contribution in [0, 0.1) is 0 Å². The number of aliphatic hydroxyl groups excluding tert-OH is 2. The minimum Gasteiger partial charge on any atom is -0.497 e. The second-order valence-electron chi connectivity index (χ2n) is 5.20. The van der Waals surface area contributed by atoms with Gasteiger partial charge in [0.05, 0.1) is 20.3 Å². The number of methoxy groups -OCH3 is 1. The van der Waals surface area contributed by atoms with Gasteiger partial charge in [-0.25, -0.2) is 0 Å². The molecular formula is C15H18N2O5. The lowest BCUT2D eigenvalue weighted by molar-refractivity contribution is 0.235. The van der Waals surface area contributed by atoms with E-state index in [1.54, 1.807) is 12.1 Å². The van der Waals surface area contributed by atoms with Gasteiger partial charge < -0.3 is 24.2 Å². The molecule has 2 N–H and O–H groups in total. The Hall–Kier alpha value is -2.12. The molecule has 3 rings (SSSR count). The van der Waals surface area contributed by atoms with Gasteiger partial charge in [0.2, 0.25) is 11.7 Å². The summed E-state index contributed by atoms with van der Waals surface area (Å²) in [7, 11) is 1.52. The Labute approximate surface area is 127 Å². The molecule has 1 saturated carbocycles. The highest BCUT2D eigenvalue weighted by Gasteiger charge is 2.29. The van der Waals surface area contributed by atoms with Crippen LogP contribution in [0.2, 0.25) is 0 Å². The van der Waals surface area contributed by atoms with Gasteiger partial charge in [0.15, 0.2) is 6.61 Å². The van der Waals surface area contributed by atoms with Gasteiger partial charge in [0, 0.05) is 17.0 Å². The zero-order chi connectivity index (χ0) is 15.5. The molecule has 1 aromatic heterocycles. The van der Waals surface area contributed by atoms with Crippen LogP contribution in [0.25, 0.3) is 0 Å². The van der Waals surface area contributed by atoms with E-state index in [4.69, 9.17) is 14.0 Å². The molecule has 0 radical (unpaired) electrons. The molecule has 0 spiro atoms. The summed E-state index contributed by atoms with van der Waals surface area (Å²) in [4.78, 5) is 4.28. The zero-order valence-corrected chi connectivity index (χ0v) is 12.3. The van der Waals surface area contributed by atoms with Gasteiger partial charge in [-0.1, -0.05) is 5.16 Å². The van der Waals surface area contributed by atoms with Gasteiger partial charge in [-0.05, 0) is 25.0 Å². The fraction of sp³-hybridized carbons (Fsp3) is 0.467. The molecule has 22 heavy (non-hydrogen) atoms. The Morgan fingerprint density at radius 2 is 1.91 bits per heavy atom. The molecule has 1 fully saturated rings. The van der Waals surface area contributed by atoms with Crippen LogP contribution in [-0.2, 0) is 19.8 Å². The van der Waals surface area contributed by atoms with Crippen molar-refractivity contribution in [3.63, 3.8) is 0 Å². The molecule has 7 nitrogen and oxygen atoms in total. The molecule has 1 aromatic carbocycles. The molecular weight excluding hydrogens is 288 g/mol. The lowest BCUT2D eigenvalue weighted by atomic mass is 10.1. The molecule has 0 aliphatic heterocycles. The van der Waals surface area contributed by atoms with E-state index >= 15 is 0 Å². The van der Waals surface area contributed by atoms with Gasteiger partial charge in [-0.2, -0.15) is 4.98 Å². The second kappa shape index (κ2) is 6.33. The van der Waals surface area contributed by atoms with Crippen molar-refractivity contribution < 1.29 is 24.2 Å². The van der Waals surface area contributed by atoms with Crippen molar-refractivity contribution in [2.24, 2.45) is 0 Å². The smallest absolute Gasteiger partial charge is 0.229 e. The third-order valence-corrected chi connectivity index (χ3v) is 3.55. The van der Waals surface area contributed by atoms with Gasteiger partial charge >= 0.3 is 0 Å². The number of ether oxygens (including phenoxy) is 2. The molecule has 1 aliphatic rings. The minimum atomic E-state index is -0.223. The summed E-state index contributed by atoms with van der Waals surface area (Å²) in [5.74, 6) is 2.46. The van der Waals surface area contributed by atoms with E-state index in [1.165, 1.54) is 7.11 Å². The monoisotopic (exact) mass is 306 g/mol. The number of aliphatic hydroxyl groups is 2. The van der Waals surface area contributed by atoms with Crippen LogP contribution in [0.3, 0.4) is 0 Å². The van der Waals surface area contributed by atoms with Crippen molar-refractivity contribution in [3.05, 3.63) is 35.0 Å². The first kappa shape index (κ1) is 14.8. The summed E-state index contributed by atoms with van der Waals surface area (Å²) in [6.07, 6.45) is 2.18. The van der Waals surface area contributed by atoms with Gasteiger partial charge in [0.1, 0.15) is 11.5 Å². The van der Waals surface area contributed by atoms with Crippen LogP contribution >= 0.6 is 0 Å². The Balaban J connectivity index is 1.77. The quantitative estimate of drug-likeness (QED) is 0.800. The summed E-state index contributed by atoms with van der Waals surface area (Å²) in [5, 5.41) is 22.8. The summed E-state index contributed by atoms with van der Waals surface area (Å²) >= 11 is 0. The molecule has 7 heteroatoms. The molecule has 0 atom stereocenters. The van der Waals surface area contributed by atoms with Crippen LogP contribution in [0.4, 0.5) is 0 Å². The number of nitrogens with zero attached hydrogens (tertiary/aromatic N) is 2. The predicted molar refractivity (Wildman–Crippen MR) is 75.4 cm³/mol. The van der Waals surface area contributed by atoms with Crippen molar-refractivity contribution in [3.8, 4) is 11.5 Å². The molecule has 1 heterocycles. The average molecular weight is 306 g/mol. The van der Waals surface area contributed by atoms with E-state index in [2.05, 4.69) is 10.1 Å². The van der Waals surface area contributed by atoms with Crippen LogP contribution in [0.15, 0.2) is 16.7 Å². The molecule has 0 saturated heterocycles. The Morgan fingerprint density at radius 1 is 1.23 bits per heavy atom. The molecule has 0 amide bonds. The molecule has 0 unspecified atom stereocenters. The zero-order valence-electron chi connectivity index (χ0n) is 12.3. The third kappa shape index (κ3) is 3.05. The van der Waals surface area contributed by atoms with E-state index in [9.17, 15) is 10.2 Å². The topological polar surface area (TPSA) is 97.8 Å². The highest BCUT2D eigenvalue weighted by Crippen LogP contribution is 2.39. The van der Waals surface area contributed by atoms with E-state index in [1.807, 2.05) is 0 Å². The third-order valence-electron chi connectivity index (χ3n) is 3.55. The highest BCUT2D eigenvalue weighted by atomic mass is 16.5. The van der Waals surface area contributed by atoms with E-state index in [0.717, 1.165) is 12.8 Å². The maximum absolute atomic E-state index is 9.47. The summed E-state index contributed by atoms with van der Waals surface area (Å²) in [5.41, 5.74) is 1.07. The first-order valence-electron chi connectivity index (χ1n) is 7.12. The number of aromatic nitrogens is 2. The second-order valence-corrected chi connectivity index (χ2v) is 5.20. The summed E-state index contributed by atoms with van der Waals surface area (Å²) in [6, 6.07) is 3.33. The molecule has 2 aromatic rings. The summed E-state index contributed by atoms with van der Waals surface area (Å²) < 4.78 is 16.0. The Kier molecular flexibility index (Phi) is 4.26. The fourth-order valence-electron chi connectivity index (χ4n) is 2.22. The van der Waals surface area contributed by atoms with Gasteiger partial charge in [-0.3, -0.25) is 0 Å². The van der Waals surface area contributed by atoms with Crippen LogP contribution in [0.1, 0.15) is 41.6 Å². The van der Waals surface area contributed by atoms with Gasteiger partial charge in [-0.15, -0.1) is 0 Å². The summed E-state index contributed by atoms with van der Waals surface area (Å²) in [6.45, 7) is -0.333. The molecule has 0 bridgehead atoms. The Morgan fingerprint density at radius 3 is 2.45 bits per heavy atom. The van der Waals surface area contributed by atoms with E-state index in [-0.39, 0.29) is 19.8 Å². The lowest BCUT2D eigenvalue weighted by Gasteiger charge is -2.14. The largest absolute Gasteiger partial charge is 0.497 e. The molecule has 118 valence electrons. The minimum absolute atomic E-state index is 0.114. The van der Waals surface area contributed by atoms with Crippen molar-refractivity contribution >= 4 is 0 Å².